The molecule has 0 bridgehead atoms. The van der Waals surface area contributed by atoms with Gasteiger partial charge in [0.2, 0.25) is 0 Å². The highest BCUT2D eigenvalue weighted by Gasteiger charge is 2.21. The molecule has 0 aliphatic carbocycles. The summed E-state index contributed by atoms with van der Waals surface area (Å²) in [4.78, 5) is 13.9. The number of halogens is 1. The summed E-state index contributed by atoms with van der Waals surface area (Å²) in [6.45, 7) is 5.91. The first-order valence-corrected chi connectivity index (χ1v) is 7.11. The van der Waals surface area contributed by atoms with E-state index in [0.29, 0.717) is 16.7 Å². The minimum absolute atomic E-state index is 0.0687. The van der Waals surface area contributed by atoms with E-state index >= 15 is 0 Å². The predicted octanol–water partition coefficient (Wildman–Crippen LogP) is 3.29. The lowest BCUT2D eigenvalue weighted by Crippen LogP contribution is -2.41. The number of ether oxygens (including phenoxy) is 1. The molecule has 1 aliphatic rings. The lowest BCUT2D eigenvalue weighted by Gasteiger charge is -2.30. The van der Waals surface area contributed by atoms with Crippen LogP contribution < -0.4 is 4.74 Å². The van der Waals surface area contributed by atoms with Crippen molar-refractivity contribution >= 4 is 17.5 Å². The lowest BCUT2D eigenvalue weighted by atomic mass is 10.0. The van der Waals surface area contributed by atoms with Gasteiger partial charge in [-0.05, 0) is 49.4 Å². The molecule has 19 heavy (non-hydrogen) atoms. The molecule has 104 valence electrons. The predicted molar refractivity (Wildman–Crippen MR) is 76.7 cm³/mol. The molecule has 1 unspecified atom stereocenters. The van der Waals surface area contributed by atoms with E-state index in [4.69, 9.17) is 16.3 Å². The van der Waals surface area contributed by atoms with Crippen molar-refractivity contribution in [1.29, 1.82) is 0 Å². The fraction of sp³-hybridized carbons (Fsp3) is 0.533. The summed E-state index contributed by atoms with van der Waals surface area (Å²) in [6.07, 6.45) is 2.30. The molecular formula is C15H20ClNO2. The maximum atomic E-state index is 12.0. The topological polar surface area (TPSA) is 29.5 Å². The number of piperidine rings is 1. The number of carbonyl (C=O) groups excluding carboxylic acids is 1. The van der Waals surface area contributed by atoms with Crippen LogP contribution >= 0.6 is 11.6 Å². The molecule has 1 fully saturated rings. The molecular weight excluding hydrogens is 262 g/mol. The largest absolute Gasteiger partial charge is 0.484 e. The van der Waals surface area contributed by atoms with Crippen molar-refractivity contribution in [3.8, 4) is 5.75 Å². The number of benzene rings is 1. The fourth-order valence-corrected chi connectivity index (χ4v) is 2.48. The summed E-state index contributed by atoms with van der Waals surface area (Å²) in [5, 5.41) is 0.712. The third-order valence-corrected chi connectivity index (χ3v) is 3.93. The summed E-state index contributed by atoms with van der Waals surface area (Å²) in [5.41, 5.74) is 0.957. The summed E-state index contributed by atoms with van der Waals surface area (Å²) >= 11 is 5.95. The van der Waals surface area contributed by atoms with Gasteiger partial charge in [-0.3, -0.25) is 4.79 Å². The summed E-state index contributed by atoms with van der Waals surface area (Å²) in [5.74, 6) is 1.36. The standard InChI is InChI=1S/C15H20ClNO2/c1-11-4-3-7-17(9-11)15(18)10-19-13-5-6-14(16)12(2)8-13/h5-6,8,11H,3-4,7,9-10H2,1-2H3. The van der Waals surface area contributed by atoms with Crippen molar-refractivity contribution < 1.29 is 9.53 Å². The van der Waals surface area contributed by atoms with E-state index in [9.17, 15) is 4.79 Å². The van der Waals surface area contributed by atoms with Gasteiger partial charge in [-0.1, -0.05) is 18.5 Å². The highest BCUT2D eigenvalue weighted by Crippen LogP contribution is 2.21. The number of hydrogen-bond acceptors (Lipinski definition) is 2. The van der Waals surface area contributed by atoms with Gasteiger partial charge in [-0.2, -0.15) is 0 Å². The van der Waals surface area contributed by atoms with Gasteiger partial charge < -0.3 is 9.64 Å². The van der Waals surface area contributed by atoms with Gasteiger partial charge in [0.1, 0.15) is 5.75 Å². The Morgan fingerprint density at radius 2 is 2.32 bits per heavy atom. The number of hydrogen-bond donors (Lipinski definition) is 0. The van der Waals surface area contributed by atoms with Crippen LogP contribution in [0.25, 0.3) is 0 Å². The number of carbonyl (C=O) groups is 1. The molecule has 1 atom stereocenters. The molecule has 0 saturated carbocycles. The third kappa shape index (κ3) is 3.87. The van der Waals surface area contributed by atoms with Crippen LogP contribution in [0.15, 0.2) is 18.2 Å². The quantitative estimate of drug-likeness (QED) is 0.851. The van der Waals surface area contributed by atoms with Crippen molar-refractivity contribution in [3.05, 3.63) is 28.8 Å². The Kier molecular flexibility index (Phi) is 4.70. The minimum atomic E-state index is 0.0687. The van der Waals surface area contributed by atoms with E-state index in [1.807, 2.05) is 17.9 Å². The zero-order valence-electron chi connectivity index (χ0n) is 11.5. The second-order valence-corrected chi connectivity index (χ2v) is 5.69. The molecule has 1 aromatic rings. The van der Waals surface area contributed by atoms with Crippen LogP contribution in [-0.4, -0.2) is 30.5 Å². The Morgan fingerprint density at radius 3 is 3.00 bits per heavy atom. The molecule has 4 heteroatoms. The average molecular weight is 282 g/mol. The Hall–Kier alpha value is -1.22. The zero-order valence-corrected chi connectivity index (χ0v) is 12.2. The van der Waals surface area contributed by atoms with Gasteiger partial charge in [-0.25, -0.2) is 0 Å². The fourth-order valence-electron chi connectivity index (χ4n) is 2.36. The highest BCUT2D eigenvalue weighted by atomic mass is 35.5. The number of rotatable bonds is 3. The highest BCUT2D eigenvalue weighted by molar-refractivity contribution is 6.31. The first-order valence-electron chi connectivity index (χ1n) is 6.73. The van der Waals surface area contributed by atoms with Crippen LogP contribution in [0.1, 0.15) is 25.3 Å². The van der Waals surface area contributed by atoms with Crippen LogP contribution in [0.3, 0.4) is 0 Å². The molecule has 1 saturated heterocycles. The van der Waals surface area contributed by atoms with Crippen molar-refractivity contribution in [2.24, 2.45) is 5.92 Å². The average Bonchev–Trinajstić information content (AvgIpc) is 2.40. The number of amides is 1. The monoisotopic (exact) mass is 281 g/mol. The van der Waals surface area contributed by atoms with Gasteiger partial charge in [-0.15, -0.1) is 0 Å². The van der Waals surface area contributed by atoms with Crippen LogP contribution in [0, 0.1) is 12.8 Å². The smallest absolute Gasteiger partial charge is 0.260 e. The molecule has 1 aromatic carbocycles. The van der Waals surface area contributed by atoms with Crippen LogP contribution in [0.5, 0.6) is 5.75 Å². The molecule has 0 radical (unpaired) electrons. The molecule has 1 amide bonds. The number of likely N-dealkylation sites (tertiary alicyclic amines) is 1. The SMILES string of the molecule is Cc1cc(OCC(=O)N2CCCC(C)C2)ccc1Cl. The van der Waals surface area contributed by atoms with E-state index in [1.54, 1.807) is 12.1 Å². The summed E-state index contributed by atoms with van der Waals surface area (Å²) in [6, 6.07) is 5.44. The van der Waals surface area contributed by atoms with E-state index < -0.39 is 0 Å². The third-order valence-electron chi connectivity index (χ3n) is 3.50. The molecule has 1 aliphatic heterocycles. The first kappa shape index (κ1) is 14.2. The maximum absolute atomic E-state index is 12.0. The van der Waals surface area contributed by atoms with Gasteiger partial charge in [0.15, 0.2) is 6.61 Å². The second-order valence-electron chi connectivity index (χ2n) is 5.29. The van der Waals surface area contributed by atoms with E-state index in [1.165, 1.54) is 6.42 Å². The van der Waals surface area contributed by atoms with Gasteiger partial charge in [0.05, 0.1) is 0 Å². The maximum Gasteiger partial charge on any atom is 0.260 e. The molecule has 0 aromatic heterocycles. The van der Waals surface area contributed by atoms with Gasteiger partial charge in [0.25, 0.3) is 5.91 Å². The van der Waals surface area contributed by atoms with Gasteiger partial charge >= 0.3 is 0 Å². The Labute approximate surface area is 119 Å². The van der Waals surface area contributed by atoms with E-state index in [2.05, 4.69) is 6.92 Å². The molecule has 1 heterocycles. The van der Waals surface area contributed by atoms with Crippen LogP contribution in [-0.2, 0) is 4.79 Å². The van der Waals surface area contributed by atoms with Crippen LogP contribution in [0.2, 0.25) is 5.02 Å². The van der Waals surface area contributed by atoms with Gasteiger partial charge in [0, 0.05) is 18.1 Å². The van der Waals surface area contributed by atoms with Crippen LogP contribution in [0.4, 0.5) is 0 Å². The first-order chi connectivity index (χ1) is 9.06. The zero-order chi connectivity index (χ0) is 13.8. The lowest BCUT2D eigenvalue weighted by molar-refractivity contribution is -0.135. The molecule has 2 rings (SSSR count). The minimum Gasteiger partial charge on any atom is -0.484 e. The van der Waals surface area contributed by atoms with Crippen molar-refractivity contribution in [2.75, 3.05) is 19.7 Å². The number of nitrogens with zero attached hydrogens (tertiary/aromatic N) is 1. The number of aryl methyl sites for hydroxylation is 1. The Morgan fingerprint density at radius 1 is 1.53 bits per heavy atom. The Bertz CT molecular complexity index is 461. The van der Waals surface area contributed by atoms with E-state index in [0.717, 1.165) is 25.1 Å². The van der Waals surface area contributed by atoms with Crippen molar-refractivity contribution in [1.82, 2.24) is 4.90 Å². The summed E-state index contributed by atoms with van der Waals surface area (Å²) in [7, 11) is 0. The molecule has 3 nitrogen and oxygen atoms in total. The Balaban J connectivity index is 1.87. The summed E-state index contributed by atoms with van der Waals surface area (Å²) < 4.78 is 5.54. The van der Waals surface area contributed by atoms with Crippen molar-refractivity contribution in [3.63, 3.8) is 0 Å². The molecule has 0 spiro atoms. The van der Waals surface area contributed by atoms with E-state index in [-0.39, 0.29) is 12.5 Å². The molecule has 0 N–H and O–H groups in total. The normalized spacial score (nSPS) is 19.3. The van der Waals surface area contributed by atoms with Crippen molar-refractivity contribution in [2.45, 2.75) is 26.7 Å². The second kappa shape index (κ2) is 6.29.